The van der Waals surface area contributed by atoms with Gasteiger partial charge in [-0.15, -0.1) is 0 Å². The van der Waals surface area contributed by atoms with Crippen molar-refractivity contribution < 1.29 is 13.2 Å². The summed E-state index contributed by atoms with van der Waals surface area (Å²) >= 11 is 0. The van der Waals surface area contributed by atoms with Crippen molar-refractivity contribution in [1.29, 1.82) is 0 Å². The first-order valence-corrected chi connectivity index (χ1v) is 9.85. The van der Waals surface area contributed by atoms with E-state index < -0.39 is 9.84 Å². The van der Waals surface area contributed by atoms with E-state index in [-0.39, 0.29) is 22.4 Å². The molecule has 1 amide bonds. The Kier molecular flexibility index (Phi) is 4.02. The molecule has 0 radical (unpaired) electrons. The van der Waals surface area contributed by atoms with Crippen molar-refractivity contribution >= 4 is 15.7 Å². The minimum Gasteiger partial charge on any atom is -0.349 e. The van der Waals surface area contributed by atoms with Crippen molar-refractivity contribution in [3.05, 3.63) is 29.8 Å². The molecule has 3 rings (SSSR count). The first-order chi connectivity index (χ1) is 10.4. The number of sulfone groups is 1. The van der Waals surface area contributed by atoms with Gasteiger partial charge in [0.2, 0.25) is 0 Å². The van der Waals surface area contributed by atoms with Crippen molar-refractivity contribution in [3.8, 4) is 0 Å². The molecule has 1 aromatic rings. The predicted octanol–water partition coefficient (Wildman–Crippen LogP) is 2.64. The topological polar surface area (TPSA) is 63.2 Å². The van der Waals surface area contributed by atoms with Crippen molar-refractivity contribution in [1.82, 2.24) is 5.32 Å². The van der Waals surface area contributed by atoms with Crippen molar-refractivity contribution in [2.24, 2.45) is 17.8 Å². The summed E-state index contributed by atoms with van der Waals surface area (Å²) in [4.78, 5) is 12.6. The summed E-state index contributed by atoms with van der Waals surface area (Å²) < 4.78 is 23.6. The van der Waals surface area contributed by atoms with E-state index in [2.05, 4.69) is 5.32 Å². The Balaban J connectivity index is 1.75. The summed E-state index contributed by atoms with van der Waals surface area (Å²) in [5.74, 6) is 1.81. The van der Waals surface area contributed by atoms with Gasteiger partial charge in [-0.05, 0) is 56.1 Å². The van der Waals surface area contributed by atoms with Gasteiger partial charge in [-0.3, -0.25) is 4.79 Å². The van der Waals surface area contributed by atoms with Gasteiger partial charge >= 0.3 is 0 Å². The smallest absolute Gasteiger partial charge is 0.252 e. The zero-order valence-corrected chi connectivity index (χ0v) is 13.9. The number of nitrogens with one attached hydrogen (secondary N) is 1. The van der Waals surface area contributed by atoms with Crippen LogP contribution in [0.15, 0.2) is 29.2 Å². The molecule has 4 atom stereocenters. The molecule has 4 nitrogen and oxygen atoms in total. The number of benzene rings is 1. The molecule has 5 heteroatoms. The number of hydrogen-bond acceptors (Lipinski definition) is 3. The van der Waals surface area contributed by atoms with Gasteiger partial charge in [0.25, 0.3) is 5.91 Å². The molecule has 0 unspecified atom stereocenters. The normalized spacial score (nSPS) is 28.5. The zero-order valence-electron chi connectivity index (χ0n) is 13.1. The van der Waals surface area contributed by atoms with E-state index in [1.54, 1.807) is 18.2 Å². The maximum Gasteiger partial charge on any atom is 0.252 e. The van der Waals surface area contributed by atoms with E-state index in [0.717, 1.165) is 18.1 Å². The van der Waals surface area contributed by atoms with Crippen LogP contribution < -0.4 is 5.32 Å². The van der Waals surface area contributed by atoms with Gasteiger partial charge in [0.05, 0.1) is 10.5 Å². The lowest BCUT2D eigenvalue weighted by Crippen LogP contribution is -2.40. The summed E-state index contributed by atoms with van der Waals surface area (Å²) in [5.41, 5.74) is 0.250. The Labute approximate surface area is 132 Å². The highest BCUT2D eigenvalue weighted by Crippen LogP contribution is 2.49. The van der Waals surface area contributed by atoms with E-state index in [0.29, 0.717) is 5.92 Å². The standard InChI is InChI=1S/C17H23NO3S/c1-11(15-10-12-7-8-13(15)9-12)18-17(19)14-5-3-4-6-16(14)22(2,20)21/h3-6,11-13,15H,7-10H2,1-2H3,(H,18,19)/t11-,12+,13+,15-/m1/s1. The number of hydrogen-bond donors (Lipinski definition) is 1. The zero-order chi connectivity index (χ0) is 15.9. The molecule has 2 fully saturated rings. The molecular formula is C17H23NO3S. The van der Waals surface area contributed by atoms with Crippen LogP contribution >= 0.6 is 0 Å². The van der Waals surface area contributed by atoms with E-state index >= 15 is 0 Å². The molecule has 0 aromatic heterocycles. The Morgan fingerprint density at radius 2 is 1.95 bits per heavy atom. The lowest BCUT2D eigenvalue weighted by Gasteiger charge is -2.28. The maximum atomic E-state index is 12.5. The highest BCUT2D eigenvalue weighted by Gasteiger charge is 2.42. The van der Waals surface area contributed by atoms with Gasteiger partial charge < -0.3 is 5.32 Å². The summed E-state index contributed by atoms with van der Waals surface area (Å²) in [6, 6.07) is 6.51. The molecule has 0 saturated heterocycles. The van der Waals surface area contributed by atoms with Gasteiger partial charge in [0.15, 0.2) is 9.84 Å². The average molecular weight is 321 g/mol. The van der Waals surface area contributed by atoms with Crippen LogP contribution in [0.5, 0.6) is 0 Å². The Morgan fingerprint density at radius 1 is 1.23 bits per heavy atom. The first-order valence-electron chi connectivity index (χ1n) is 7.96. The van der Waals surface area contributed by atoms with E-state index in [1.807, 2.05) is 6.92 Å². The Morgan fingerprint density at radius 3 is 2.55 bits per heavy atom. The second-order valence-corrected chi connectivity index (χ2v) is 8.85. The fourth-order valence-electron chi connectivity index (χ4n) is 4.28. The van der Waals surface area contributed by atoms with Crippen molar-refractivity contribution in [2.75, 3.05) is 6.26 Å². The number of carbonyl (C=O) groups is 1. The van der Waals surface area contributed by atoms with Gasteiger partial charge in [0, 0.05) is 12.3 Å². The minimum absolute atomic E-state index is 0.0930. The Hall–Kier alpha value is -1.36. The molecule has 2 aliphatic rings. The molecule has 2 saturated carbocycles. The summed E-state index contributed by atoms with van der Waals surface area (Å²) in [6.45, 7) is 2.05. The number of rotatable bonds is 4. The molecule has 120 valence electrons. The second-order valence-electron chi connectivity index (χ2n) is 6.87. The molecule has 0 spiro atoms. The quantitative estimate of drug-likeness (QED) is 0.927. The third-order valence-corrected chi connectivity index (χ3v) is 6.48. The molecule has 1 aromatic carbocycles. The van der Waals surface area contributed by atoms with Gasteiger partial charge in [-0.1, -0.05) is 18.6 Å². The molecule has 0 aliphatic heterocycles. The third kappa shape index (κ3) is 2.91. The van der Waals surface area contributed by atoms with E-state index in [9.17, 15) is 13.2 Å². The first kappa shape index (κ1) is 15.5. The second kappa shape index (κ2) is 5.69. The van der Waals surface area contributed by atoms with Crippen LogP contribution in [0.1, 0.15) is 43.0 Å². The van der Waals surface area contributed by atoms with Gasteiger partial charge in [0.1, 0.15) is 0 Å². The van der Waals surface area contributed by atoms with Crippen LogP contribution in [0.3, 0.4) is 0 Å². The lowest BCUT2D eigenvalue weighted by molar-refractivity contribution is 0.0912. The summed E-state index contributed by atoms with van der Waals surface area (Å²) in [6.07, 6.45) is 6.23. The van der Waals surface area contributed by atoms with Crippen LogP contribution in [0.2, 0.25) is 0 Å². The average Bonchev–Trinajstić information content (AvgIpc) is 3.09. The van der Waals surface area contributed by atoms with Crippen molar-refractivity contribution in [2.45, 2.75) is 43.5 Å². The molecule has 2 bridgehead atoms. The third-order valence-electron chi connectivity index (χ3n) is 5.32. The van der Waals surface area contributed by atoms with Crippen molar-refractivity contribution in [3.63, 3.8) is 0 Å². The van der Waals surface area contributed by atoms with Crippen LogP contribution in [-0.2, 0) is 9.84 Å². The van der Waals surface area contributed by atoms with Gasteiger partial charge in [-0.2, -0.15) is 0 Å². The molecule has 22 heavy (non-hydrogen) atoms. The molecule has 1 N–H and O–H groups in total. The molecule has 2 aliphatic carbocycles. The largest absolute Gasteiger partial charge is 0.349 e. The minimum atomic E-state index is -3.40. The Bertz CT molecular complexity index is 683. The highest BCUT2D eigenvalue weighted by atomic mass is 32.2. The molecular weight excluding hydrogens is 298 g/mol. The monoisotopic (exact) mass is 321 g/mol. The number of amides is 1. The highest BCUT2D eigenvalue weighted by molar-refractivity contribution is 7.90. The lowest BCUT2D eigenvalue weighted by atomic mass is 9.84. The predicted molar refractivity (Wildman–Crippen MR) is 85.4 cm³/mol. The summed E-state index contributed by atoms with van der Waals surface area (Å²) in [5, 5.41) is 3.03. The maximum absolute atomic E-state index is 12.5. The number of carbonyl (C=O) groups excluding carboxylic acids is 1. The number of fused-ring (bicyclic) bond motifs is 2. The van der Waals surface area contributed by atoms with E-state index in [1.165, 1.54) is 31.7 Å². The fraction of sp³-hybridized carbons (Fsp3) is 0.588. The summed E-state index contributed by atoms with van der Waals surface area (Å²) in [7, 11) is -3.40. The molecule has 0 heterocycles. The van der Waals surface area contributed by atoms with Crippen LogP contribution in [0.4, 0.5) is 0 Å². The van der Waals surface area contributed by atoms with Crippen LogP contribution in [-0.4, -0.2) is 26.6 Å². The SMILES string of the molecule is C[C@@H](NC(=O)c1ccccc1S(C)(=O)=O)[C@H]1C[C@H]2CC[C@H]1C2. The van der Waals surface area contributed by atoms with Crippen LogP contribution in [0, 0.1) is 17.8 Å². The van der Waals surface area contributed by atoms with E-state index in [4.69, 9.17) is 0 Å². The van der Waals surface area contributed by atoms with Crippen LogP contribution in [0.25, 0.3) is 0 Å². The van der Waals surface area contributed by atoms with Gasteiger partial charge in [-0.25, -0.2) is 8.42 Å². The fourth-order valence-corrected chi connectivity index (χ4v) is 5.16.